The van der Waals surface area contributed by atoms with E-state index in [1.807, 2.05) is 20.8 Å². The highest BCUT2D eigenvalue weighted by atomic mass is 16.2. The molecule has 2 rings (SSSR count). The lowest BCUT2D eigenvalue weighted by molar-refractivity contribution is -0.123. The Morgan fingerprint density at radius 3 is 2.36 bits per heavy atom. The lowest BCUT2D eigenvalue weighted by Gasteiger charge is -2.23. The third kappa shape index (κ3) is 6.87. The summed E-state index contributed by atoms with van der Waals surface area (Å²) in [7, 11) is 0. The molecule has 28 heavy (non-hydrogen) atoms. The zero-order chi connectivity index (χ0) is 20.5. The number of rotatable bonds is 7. The van der Waals surface area contributed by atoms with Gasteiger partial charge in [0, 0.05) is 36.3 Å². The van der Waals surface area contributed by atoms with Gasteiger partial charge in [-0.2, -0.15) is 0 Å². The molecule has 4 amide bonds. The number of carbonyl (C=O) groups excluding carboxylic acids is 3. The van der Waals surface area contributed by atoms with Crippen molar-refractivity contribution in [1.29, 1.82) is 0 Å². The summed E-state index contributed by atoms with van der Waals surface area (Å²) in [4.78, 5) is 35.9. The number of aryl methyl sites for hydroxylation is 1. The molecule has 7 heteroatoms. The summed E-state index contributed by atoms with van der Waals surface area (Å²) in [5.74, 6) is -0.183. The molecule has 0 unspecified atom stereocenters. The quantitative estimate of drug-likeness (QED) is 0.540. The first-order valence-corrected chi connectivity index (χ1v) is 10.1. The van der Waals surface area contributed by atoms with Crippen molar-refractivity contribution in [2.75, 3.05) is 18.4 Å². The molecule has 1 aliphatic rings. The van der Waals surface area contributed by atoms with Gasteiger partial charge in [-0.1, -0.05) is 33.1 Å². The number of hydrogen-bond acceptors (Lipinski definition) is 3. The fourth-order valence-electron chi connectivity index (χ4n) is 3.19. The molecule has 0 radical (unpaired) electrons. The summed E-state index contributed by atoms with van der Waals surface area (Å²) in [6, 6.07) is 5.17. The van der Waals surface area contributed by atoms with E-state index in [0.29, 0.717) is 24.3 Å². The van der Waals surface area contributed by atoms with Gasteiger partial charge in [-0.25, -0.2) is 4.79 Å². The molecule has 0 aliphatic heterocycles. The van der Waals surface area contributed by atoms with Gasteiger partial charge < -0.3 is 21.3 Å². The minimum absolute atomic E-state index is 0.0415. The van der Waals surface area contributed by atoms with Crippen LogP contribution in [-0.2, 0) is 4.79 Å². The maximum Gasteiger partial charge on any atom is 0.319 e. The van der Waals surface area contributed by atoms with E-state index in [4.69, 9.17) is 0 Å². The number of benzene rings is 1. The number of amides is 4. The van der Waals surface area contributed by atoms with Gasteiger partial charge in [0.15, 0.2) is 0 Å². The molecule has 154 valence electrons. The number of hydrogen-bond donors (Lipinski definition) is 4. The SMILES string of the molecule is Cc1cc(C(=O)NC2CCCCC2)ccc1NC(=O)NCCNC(=O)C(C)C. The second-order valence-corrected chi connectivity index (χ2v) is 7.66. The van der Waals surface area contributed by atoms with Crippen molar-refractivity contribution in [3.05, 3.63) is 29.3 Å². The third-order valence-corrected chi connectivity index (χ3v) is 4.91. The molecule has 1 saturated carbocycles. The fraction of sp³-hybridized carbons (Fsp3) is 0.571. The van der Waals surface area contributed by atoms with Gasteiger partial charge >= 0.3 is 6.03 Å². The highest BCUT2D eigenvalue weighted by Crippen LogP contribution is 2.19. The first-order chi connectivity index (χ1) is 13.4. The van der Waals surface area contributed by atoms with Crippen LogP contribution in [0.1, 0.15) is 61.9 Å². The molecule has 1 aliphatic carbocycles. The first-order valence-electron chi connectivity index (χ1n) is 10.1. The van der Waals surface area contributed by atoms with E-state index in [0.717, 1.165) is 18.4 Å². The van der Waals surface area contributed by atoms with Gasteiger partial charge in [-0.05, 0) is 43.5 Å². The van der Waals surface area contributed by atoms with Gasteiger partial charge in [-0.15, -0.1) is 0 Å². The standard InChI is InChI=1S/C21H32N4O3/c1-14(2)19(26)22-11-12-23-21(28)25-18-10-9-16(13-15(18)3)20(27)24-17-7-5-4-6-8-17/h9-10,13-14,17H,4-8,11-12H2,1-3H3,(H,22,26)(H,24,27)(H2,23,25,28). The summed E-state index contributed by atoms with van der Waals surface area (Å²) in [6.07, 6.45) is 5.68. The highest BCUT2D eigenvalue weighted by Gasteiger charge is 2.17. The van der Waals surface area contributed by atoms with Crippen LogP contribution in [0, 0.1) is 12.8 Å². The minimum Gasteiger partial charge on any atom is -0.354 e. The molecule has 0 bridgehead atoms. The number of anilines is 1. The topological polar surface area (TPSA) is 99.3 Å². The molecular weight excluding hydrogens is 356 g/mol. The van der Waals surface area contributed by atoms with Crippen LogP contribution < -0.4 is 21.3 Å². The van der Waals surface area contributed by atoms with E-state index in [1.165, 1.54) is 19.3 Å². The predicted octanol–water partition coefficient (Wildman–Crippen LogP) is 2.95. The van der Waals surface area contributed by atoms with Gasteiger partial charge in [-0.3, -0.25) is 9.59 Å². The van der Waals surface area contributed by atoms with Crippen molar-refractivity contribution in [3.63, 3.8) is 0 Å². The van der Waals surface area contributed by atoms with E-state index in [-0.39, 0.29) is 29.8 Å². The molecule has 1 aromatic rings. The Labute approximate surface area is 167 Å². The van der Waals surface area contributed by atoms with Gasteiger partial charge in [0.25, 0.3) is 5.91 Å². The van der Waals surface area contributed by atoms with E-state index >= 15 is 0 Å². The molecule has 1 aromatic carbocycles. The van der Waals surface area contributed by atoms with Gasteiger partial charge in [0.05, 0.1) is 0 Å². The van der Waals surface area contributed by atoms with Crippen LogP contribution in [0.3, 0.4) is 0 Å². The minimum atomic E-state index is -0.346. The van der Waals surface area contributed by atoms with Crippen molar-refractivity contribution < 1.29 is 14.4 Å². The largest absolute Gasteiger partial charge is 0.354 e. The Bertz CT molecular complexity index is 697. The first kappa shape index (κ1) is 21.7. The molecule has 4 N–H and O–H groups in total. The van der Waals surface area contributed by atoms with Crippen LogP contribution in [0.5, 0.6) is 0 Å². The van der Waals surface area contributed by atoms with Crippen LogP contribution in [0.25, 0.3) is 0 Å². The fourth-order valence-corrected chi connectivity index (χ4v) is 3.19. The Morgan fingerprint density at radius 2 is 1.71 bits per heavy atom. The lowest BCUT2D eigenvalue weighted by Crippen LogP contribution is -2.38. The number of nitrogens with one attached hydrogen (secondary N) is 4. The molecule has 7 nitrogen and oxygen atoms in total. The molecule has 0 atom stereocenters. The van der Waals surface area contributed by atoms with Crippen LogP contribution >= 0.6 is 0 Å². The van der Waals surface area contributed by atoms with Crippen molar-refractivity contribution in [2.45, 2.75) is 58.9 Å². The average molecular weight is 389 g/mol. The Kier molecular flexibility index (Phi) is 8.29. The predicted molar refractivity (Wildman–Crippen MR) is 110 cm³/mol. The zero-order valence-electron chi connectivity index (χ0n) is 17.1. The second-order valence-electron chi connectivity index (χ2n) is 7.66. The van der Waals surface area contributed by atoms with Crippen LogP contribution in [0.4, 0.5) is 10.5 Å². The van der Waals surface area contributed by atoms with Crippen molar-refractivity contribution in [3.8, 4) is 0 Å². The highest BCUT2D eigenvalue weighted by molar-refractivity contribution is 5.96. The van der Waals surface area contributed by atoms with E-state index in [9.17, 15) is 14.4 Å². The molecule has 1 fully saturated rings. The van der Waals surface area contributed by atoms with Crippen molar-refractivity contribution >= 4 is 23.5 Å². The molecule has 0 spiro atoms. The molecule has 0 heterocycles. The van der Waals surface area contributed by atoms with E-state index in [2.05, 4.69) is 21.3 Å². The summed E-state index contributed by atoms with van der Waals surface area (Å²) < 4.78 is 0. The summed E-state index contributed by atoms with van der Waals surface area (Å²) >= 11 is 0. The normalized spacial score (nSPS) is 14.4. The zero-order valence-corrected chi connectivity index (χ0v) is 17.1. The van der Waals surface area contributed by atoms with Crippen LogP contribution in [-0.4, -0.2) is 37.0 Å². The summed E-state index contributed by atoms with van der Waals surface area (Å²) in [6.45, 7) is 6.21. The average Bonchev–Trinajstić information content (AvgIpc) is 2.67. The summed E-state index contributed by atoms with van der Waals surface area (Å²) in [5.41, 5.74) is 2.07. The van der Waals surface area contributed by atoms with Gasteiger partial charge in [0.1, 0.15) is 0 Å². The molecule has 0 aromatic heterocycles. The smallest absolute Gasteiger partial charge is 0.319 e. The Hall–Kier alpha value is -2.57. The van der Waals surface area contributed by atoms with E-state index < -0.39 is 0 Å². The van der Waals surface area contributed by atoms with E-state index in [1.54, 1.807) is 18.2 Å². The Balaban J connectivity index is 1.80. The number of carbonyl (C=O) groups is 3. The van der Waals surface area contributed by atoms with Crippen LogP contribution in [0.2, 0.25) is 0 Å². The Morgan fingerprint density at radius 1 is 1.04 bits per heavy atom. The second kappa shape index (κ2) is 10.7. The maximum atomic E-state index is 12.4. The third-order valence-electron chi connectivity index (χ3n) is 4.91. The molecule has 0 saturated heterocycles. The molecular formula is C21H32N4O3. The maximum absolute atomic E-state index is 12.4. The van der Waals surface area contributed by atoms with Gasteiger partial charge in [0.2, 0.25) is 5.91 Å². The lowest BCUT2D eigenvalue weighted by atomic mass is 9.95. The summed E-state index contributed by atoms with van der Waals surface area (Å²) in [5, 5.41) is 11.3. The van der Waals surface area contributed by atoms with Crippen LogP contribution in [0.15, 0.2) is 18.2 Å². The number of urea groups is 1. The van der Waals surface area contributed by atoms with Crippen molar-refractivity contribution in [1.82, 2.24) is 16.0 Å². The van der Waals surface area contributed by atoms with Crippen molar-refractivity contribution in [2.24, 2.45) is 5.92 Å². The monoisotopic (exact) mass is 388 g/mol.